The van der Waals surface area contributed by atoms with E-state index in [1.165, 1.54) is 29.0 Å². The highest BCUT2D eigenvalue weighted by Crippen LogP contribution is 2.30. The van der Waals surface area contributed by atoms with Crippen molar-refractivity contribution < 1.29 is 4.74 Å². The lowest BCUT2D eigenvalue weighted by molar-refractivity contribution is 0.121. The van der Waals surface area contributed by atoms with Gasteiger partial charge in [-0.15, -0.1) is 0 Å². The molecule has 3 aliphatic rings. The highest BCUT2D eigenvalue weighted by Gasteiger charge is 2.38. The molecule has 0 aliphatic carbocycles. The van der Waals surface area contributed by atoms with Crippen molar-refractivity contribution in [2.45, 2.75) is 25.4 Å². The molecular weight excluding hydrogens is 362 g/mol. The summed E-state index contributed by atoms with van der Waals surface area (Å²) in [6.45, 7) is 5.44. The zero-order chi connectivity index (χ0) is 19.4. The second-order valence-corrected chi connectivity index (χ2v) is 8.03. The molecule has 3 fully saturated rings. The van der Waals surface area contributed by atoms with Crippen LogP contribution in [0.2, 0.25) is 0 Å². The molecule has 1 N–H and O–H groups in total. The van der Waals surface area contributed by atoms with Crippen molar-refractivity contribution in [3.63, 3.8) is 0 Å². The Hall–Kier alpha value is -2.17. The second kappa shape index (κ2) is 6.71. The van der Waals surface area contributed by atoms with E-state index in [1.54, 1.807) is 7.05 Å². The first-order valence-corrected chi connectivity index (χ1v) is 10.1. The van der Waals surface area contributed by atoms with Gasteiger partial charge in [-0.25, -0.2) is 9.80 Å². The number of hydrogen-bond donors (Lipinski definition) is 1. The summed E-state index contributed by atoms with van der Waals surface area (Å²) in [5, 5.41) is 2.34. The van der Waals surface area contributed by atoms with Gasteiger partial charge in [0.1, 0.15) is 0 Å². The van der Waals surface area contributed by atoms with Crippen molar-refractivity contribution in [2.24, 2.45) is 20.0 Å². The van der Waals surface area contributed by atoms with Crippen molar-refractivity contribution >= 4 is 17.1 Å². The molecule has 0 aromatic carbocycles. The van der Waals surface area contributed by atoms with Crippen molar-refractivity contribution in [2.75, 3.05) is 44.3 Å². The van der Waals surface area contributed by atoms with Crippen molar-refractivity contribution in [1.82, 2.24) is 29.1 Å². The summed E-state index contributed by atoms with van der Waals surface area (Å²) in [7, 11) is 3.21. The molecule has 0 amide bonds. The summed E-state index contributed by atoms with van der Waals surface area (Å²) in [5.41, 5.74) is 3.85. The normalized spacial score (nSPS) is 25.7. The Morgan fingerprint density at radius 3 is 2.71 bits per heavy atom. The second-order valence-electron chi connectivity index (χ2n) is 8.03. The Balaban J connectivity index is 1.66. The molecule has 2 atom stereocenters. The monoisotopic (exact) mass is 389 g/mol. The number of nitrogens with one attached hydrogen (secondary N) is 1. The van der Waals surface area contributed by atoms with Gasteiger partial charge in [0.2, 0.25) is 5.95 Å². The Labute approximate surface area is 162 Å². The zero-order valence-corrected chi connectivity index (χ0v) is 16.4. The molecule has 152 valence electrons. The maximum Gasteiger partial charge on any atom is 0.332 e. The highest BCUT2D eigenvalue weighted by molar-refractivity contribution is 5.74. The van der Waals surface area contributed by atoms with Gasteiger partial charge in [-0.3, -0.25) is 19.4 Å². The third kappa shape index (κ3) is 2.62. The SMILES string of the molecule is Cn1c(=O)c2c(nc(N3CCOCC3)n2CC2CNN3CCCC23)n(C)c1=O. The summed E-state index contributed by atoms with van der Waals surface area (Å²) in [5.74, 6) is 1.18. The van der Waals surface area contributed by atoms with Crippen LogP contribution in [0.4, 0.5) is 5.95 Å². The number of aromatic nitrogens is 4. The van der Waals surface area contributed by atoms with Crippen LogP contribution in [0.25, 0.3) is 11.2 Å². The van der Waals surface area contributed by atoms with E-state index in [4.69, 9.17) is 9.72 Å². The quantitative estimate of drug-likeness (QED) is 0.710. The smallest absolute Gasteiger partial charge is 0.332 e. The molecule has 5 heterocycles. The number of aryl methyl sites for hydroxylation is 1. The van der Waals surface area contributed by atoms with Crippen LogP contribution in [0.1, 0.15) is 12.8 Å². The van der Waals surface area contributed by atoms with Gasteiger partial charge in [0.25, 0.3) is 5.56 Å². The van der Waals surface area contributed by atoms with Crippen molar-refractivity contribution in [3.05, 3.63) is 20.8 Å². The molecule has 3 aliphatic heterocycles. The highest BCUT2D eigenvalue weighted by atomic mass is 16.5. The number of hydrogen-bond acceptors (Lipinski definition) is 7. The molecule has 0 radical (unpaired) electrons. The third-order valence-electron chi connectivity index (χ3n) is 6.44. The van der Waals surface area contributed by atoms with E-state index in [0.717, 1.165) is 32.1 Å². The molecule has 0 saturated carbocycles. The van der Waals surface area contributed by atoms with Crippen LogP contribution in [0.5, 0.6) is 0 Å². The van der Waals surface area contributed by atoms with Gasteiger partial charge in [-0.1, -0.05) is 0 Å². The minimum atomic E-state index is -0.347. The molecule has 28 heavy (non-hydrogen) atoms. The maximum absolute atomic E-state index is 13.0. The van der Waals surface area contributed by atoms with E-state index in [-0.39, 0.29) is 11.2 Å². The lowest BCUT2D eigenvalue weighted by atomic mass is 9.99. The summed E-state index contributed by atoms with van der Waals surface area (Å²) >= 11 is 0. The number of imidazole rings is 1. The van der Waals surface area contributed by atoms with E-state index < -0.39 is 0 Å². The summed E-state index contributed by atoms with van der Waals surface area (Å²) in [6, 6.07) is 0.492. The fourth-order valence-electron chi connectivity index (χ4n) is 4.88. The van der Waals surface area contributed by atoms with Crippen molar-refractivity contribution in [3.8, 4) is 0 Å². The summed E-state index contributed by atoms with van der Waals surface area (Å²) in [6.07, 6.45) is 2.37. The molecule has 2 unspecified atom stereocenters. The molecule has 2 aromatic heterocycles. The van der Waals surface area contributed by atoms with Crippen LogP contribution >= 0.6 is 0 Å². The van der Waals surface area contributed by atoms with Gasteiger partial charge in [0.05, 0.1) is 13.2 Å². The molecule has 3 saturated heterocycles. The number of nitrogens with zero attached hydrogens (tertiary/aromatic N) is 6. The largest absolute Gasteiger partial charge is 0.378 e. The van der Waals surface area contributed by atoms with E-state index in [0.29, 0.717) is 42.9 Å². The molecule has 5 rings (SSSR count). The van der Waals surface area contributed by atoms with Gasteiger partial charge >= 0.3 is 5.69 Å². The van der Waals surface area contributed by atoms with Crippen LogP contribution in [0, 0.1) is 5.92 Å². The molecule has 0 bridgehead atoms. The minimum Gasteiger partial charge on any atom is -0.378 e. The van der Waals surface area contributed by atoms with Gasteiger partial charge in [-0.2, -0.15) is 4.98 Å². The third-order valence-corrected chi connectivity index (χ3v) is 6.44. The topological polar surface area (TPSA) is 89.6 Å². The molecule has 2 aromatic rings. The molecule has 10 nitrogen and oxygen atoms in total. The molecule has 10 heteroatoms. The lowest BCUT2D eigenvalue weighted by Gasteiger charge is -2.29. The average Bonchev–Trinajstić information content (AvgIpc) is 3.41. The lowest BCUT2D eigenvalue weighted by Crippen LogP contribution is -2.39. The van der Waals surface area contributed by atoms with E-state index in [1.807, 2.05) is 0 Å². The Bertz CT molecular complexity index is 1020. The number of hydrazine groups is 1. The van der Waals surface area contributed by atoms with Crippen LogP contribution in [0.15, 0.2) is 9.59 Å². The average molecular weight is 389 g/mol. The number of morpholine rings is 1. The van der Waals surface area contributed by atoms with Gasteiger partial charge in [0, 0.05) is 58.8 Å². The predicted molar refractivity (Wildman–Crippen MR) is 104 cm³/mol. The first-order valence-electron chi connectivity index (χ1n) is 10.1. The number of rotatable bonds is 3. The van der Waals surface area contributed by atoms with E-state index in [2.05, 4.69) is 19.9 Å². The fourth-order valence-corrected chi connectivity index (χ4v) is 4.88. The molecule has 0 spiro atoms. The van der Waals surface area contributed by atoms with Gasteiger partial charge in [-0.05, 0) is 12.8 Å². The van der Waals surface area contributed by atoms with E-state index >= 15 is 0 Å². The van der Waals surface area contributed by atoms with Crippen LogP contribution in [0.3, 0.4) is 0 Å². The first kappa shape index (κ1) is 17.9. The minimum absolute atomic E-state index is 0.278. The number of fused-ring (bicyclic) bond motifs is 2. The summed E-state index contributed by atoms with van der Waals surface area (Å²) < 4.78 is 10.2. The Morgan fingerprint density at radius 1 is 1.14 bits per heavy atom. The Kier molecular flexibility index (Phi) is 4.29. The number of ether oxygens (including phenoxy) is 1. The molecular formula is C18H27N7O3. The summed E-state index contributed by atoms with van der Waals surface area (Å²) in [4.78, 5) is 32.4. The fraction of sp³-hybridized carbons (Fsp3) is 0.722. The first-order chi connectivity index (χ1) is 13.6. The number of anilines is 1. The van der Waals surface area contributed by atoms with Crippen LogP contribution in [-0.4, -0.2) is 69.1 Å². The van der Waals surface area contributed by atoms with E-state index in [9.17, 15) is 9.59 Å². The zero-order valence-electron chi connectivity index (χ0n) is 16.4. The van der Waals surface area contributed by atoms with Crippen molar-refractivity contribution in [1.29, 1.82) is 0 Å². The Morgan fingerprint density at radius 2 is 1.93 bits per heavy atom. The standard InChI is InChI=1S/C18H27N7O3/c1-21-15-14(16(26)22(2)18(21)27)24(17(20-15)23-6-8-28-9-7-23)11-12-10-19-25-5-3-4-13(12)25/h12-13,19H,3-11H2,1-2H3. The van der Waals surface area contributed by atoms with Crippen LogP contribution in [-0.2, 0) is 25.4 Å². The maximum atomic E-state index is 13.0. The van der Waals surface area contributed by atoms with Crippen LogP contribution < -0.4 is 21.6 Å². The van der Waals surface area contributed by atoms with Gasteiger partial charge in [0.15, 0.2) is 11.2 Å². The predicted octanol–water partition coefficient (Wildman–Crippen LogP) is -1.13. The van der Waals surface area contributed by atoms with Gasteiger partial charge < -0.3 is 14.2 Å².